The van der Waals surface area contributed by atoms with Crippen LogP contribution in [0.5, 0.6) is 0 Å². The molecule has 1 amide bonds. The molecule has 102 valence electrons. The van der Waals surface area contributed by atoms with Crippen molar-refractivity contribution >= 4 is 5.91 Å². The lowest BCUT2D eigenvalue weighted by Gasteiger charge is -2.21. The predicted molar refractivity (Wildman–Crippen MR) is 77.2 cm³/mol. The van der Waals surface area contributed by atoms with Crippen LogP contribution in [-0.4, -0.2) is 16.9 Å². The Morgan fingerprint density at radius 2 is 1.95 bits per heavy atom. The number of nitrogens with one attached hydrogen (secondary N) is 1. The molecule has 1 heterocycles. The molecular weight excluding hydrogens is 236 g/mol. The highest BCUT2D eigenvalue weighted by molar-refractivity contribution is 5.94. The molecule has 1 unspecified atom stereocenters. The normalized spacial score (nSPS) is 16.7. The first-order chi connectivity index (χ1) is 9.06. The smallest absolute Gasteiger partial charge is 0.251 e. The number of aryl methyl sites for hydroxylation is 2. The fourth-order valence-corrected chi connectivity index (χ4v) is 2.59. The van der Waals surface area contributed by atoms with Crippen LogP contribution in [0.3, 0.4) is 0 Å². The molecule has 0 fully saturated rings. The summed E-state index contributed by atoms with van der Waals surface area (Å²) in [5.41, 5.74) is 3.83. The molecule has 0 aliphatic heterocycles. The first kappa shape index (κ1) is 13.8. The van der Waals surface area contributed by atoms with Crippen LogP contribution in [0, 0.1) is 13.8 Å². The van der Waals surface area contributed by atoms with E-state index >= 15 is 0 Å². The number of hydrogen-bond donors (Lipinski definition) is 1. The Balaban J connectivity index is 2.05. The van der Waals surface area contributed by atoms with E-state index in [2.05, 4.69) is 23.3 Å². The second kappa shape index (κ2) is 6.00. The zero-order valence-electron chi connectivity index (χ0n) is 12.0. The Morgan fingerprint density at radius 1 is 1.26 bits per heavy atom. The summed E-state index contributed by atoms with van der Waals surface area (Å²) in [5, 5.41) is 3.09. The third kappa shape index (κ3) is 3.66. The molecule has 2 rings (SSSR count). The second-order valence-corrected chi connectivity index (χ2v) is 5.36. The maximum atomic E-state index is 12.2. The van der Waals surface area contributed by atoms with Gasteiger partial charge >= 0.3 is 0 Å². The number of rotatable bonds is 3. The van der Waals surface area contributed by atoms with E-state index in [0.29, 0.717) is 5.56 Å². The second-order valence-electron chi connectivity index (χ2n) is 5.36. The van der Waals surface area contributed by atoms with E-state index in [0.717, 1.165) is 24.2 Å². The highest BCUT2D eigenvalue weighted by Gasteiger charge is 2.15. The summed E-state index contributed by atoms with van der Waals surface area (Å²) >= 11 is 0. The molecule has 1 atom stereocenters. The van der Waals surface area contributed by atoms with Crippen LogP contribution >= 0.6 is 0 Å². The molecule has 1 aliphatic rings. The van der Waals surface area contributed by atoms with E-state index < -0.39 is 0 Å². The van der Waals surface area contributed by atoms with Crippen molar-refractivity contribution in [3.05, 3.63) is 40.7 Å². The minimum atomic E-state index is -0.00688. The number of allylic oxidation sites excluding steroid dienone is 1. The lowest BCUT2D eigenvalue weighted by Crippen LogP contribution is -2.34. The third-order valence-corrected chi connectivity index (χ3v) is 3.57. The predicted octanol–water partition coefficient (Wildman–Crippen LogP) is 3.32. The van der Waals surface area contributed by atoms with Gasteiger partial charge in [0.05, 0.1) is 0 Å². The number of carbonyl (C=O) groups is 1. The van der Waals surface area contributed by atoms with E-state index in [9.17, 15) is 4.79 Å². The fourth-order valence-electron chi connectivity index (χ4n) is 2.59. The number of aromatic nitrogens is 1. The molecular formula is C16H22N2O. The summed E-state index contributed by atoms with van der Waals surface area (Å²) in [7, 11) is 0. The van der Waals surface area contributed by atoms with E-state index in [-0.39, 0.29) is 11.9 Å². The van der Waals surface area contributed by atoms with Crippen molar-refractivity contribution in [1.82, 2.24) is 10.3 Å². The largest absolute Gasteiger partial charge is 0.346 e. The Kier molecular flexibility index (Phi) is 4.35. The zero-order valence-corrected chi connectivity index (χ0v) is 12.0. The molecule has 0 saturated carbocycles. The van der Waals surface area contributed by atoms with Crippen molar-refractivity contribution < 1.29 is 4.79 Å². The average Bonchev–Trinajstić information content (AvgIpc) is 2.38. The average molecular weight is 258 g/mol. The fraction of sp³-hybridized carbons (Fsp3) is 0.500. The van der Waals surface area contributed by atoms with Crippen LogP contribution < -0.4 is 5.32 Å². The quantitative estimate of drug-likeness (QED) is 0.845. The van der Waals surface area contributed by atoms with Gasteiger partial charge in [-0.05, 0) is 58.6 Å². The number of pyridine rings is 1. The summed E-state index contributed by atoms with van der Waals surface area (Å²) in [6.45, 7) is 5.89. The van der Waals surface area contributed by atoms with Crippen molar-refractivity contribution in [3.63, 3.8) is 0 Å². The van der Waals surface area contributed by atoms with E-state index in [1.54, 1.807) is 0 Å². The van der Waals surface area contributed by atoms with Gasteiger partial charge in [-0.2, -0.15) is 0 Å². The SMILES string of the molecule is Cc1cc(C(=O)NC(C)C2=CCCCC2)cc(C)n1. The standard InChI is InChI=1S/C16H22N2O/c1-11-9-15(10-12(2)17-11)16(19)18-13(3)14-7-5-4-6-8-14/h7,9-10,13H,4-6,8H2,1-3H3,(H,18,19). The highest BCUT2D eigenvalue weighted by atomic mass is 16.1. The molecule has 1 aromatic heterocycles. The molecule has 0 saturated heterocycles. The van der Waals surface area contributed by atoms with Gasteiger partial charge < -0.3 is 5.32 Å². The molecule has 0 aromatic carbocycles. The molecule has 1 N–H and O–H groups in total. The molecule has 19 heavy (non-hydrogen) atoms. The molecule has 1 aliphatic carbocycles. The maximum Gasteiger partial charge on any atom is 0.251 e. The van der Waals surface area contributed by atoms with Gasteiger partial charge in [0.2, 0.25) is 0 Å². The van der Waals surface area contributed by atoms with Gasteiger partial charge in [0.1, 0.15) is 0 Å². The maximum absolute atomic E-state index is 12.2. The lowest BCUT2D eigenvalue weighted by atomic mass is 9.94. The number of hydrogen-bond acceptors (Lipinski definition) is 2. The minimum absolute atomic E-state index is 0.00688. The number of amides is 1. The van der Waals surface area contributed by atoms with Crippen LogP contribution in [0.2, 0.25) is 0 Å². The summed E-state index contributed by atoms with van der Waals surface area (Å²) in [4.78, 5) is 16.5. The first-order valence-corrected chi connectivity index (χ1v) is 7.01. The van der Waals surface area contributed by atoms with Crippen molar-refractivity contribution in [2.45, 2.75) is 52.5 Å². The first-order valence-electron chi connectivity index (χ1n) is 7.01. The molecule has 0 radical (unpaired) electrons. The topological polar surface area (TPSA) is 42.0 Å². The Bertz CT molecular complexity index is 485. The summed E-state index contributed by atoms with van der Waals surface area (Å²) in [5.74, 6) is -0.00688. The van der Waals surface area contributed by atoms with Crippen molar-refractivity contribution in [2.75, 3.05) is 0 Å². The third-order valence-electron chi connectivity index (χ3n) is 3.57. The van der Waals surface area contributed by atoms with Crippen LogP contribution in [-0.2, 0) is 0 Å². The molecule has 1 aromatic rings. The molecule has 3 heteroatoms. The molecule has 0 spiro atoms. The van der Waals surface area contributed by atoms with Gasteiger partial charge in [-0.15, -0.1) is 0 Å². The summed E-state index contributed by atoms with van der Waals surface area (Å²) in [6.07, 6.45) is 7.03. The zero-order chi connectivity index (χ0) is 13.8. The minimum Gasteiger partial charge on any atom is -0.346 e. The van der Waals surface area contributed by atoms with Gasteiger partial charge in [0.25, 0.3) is 5.91 Å². The van der Waals surface area contributed by atoms with Crippen molar-refractivity contribution in [1.29, 1.82) is 0 Å². The van der Waals surface area contributed by atoms with Crippen LogP contribution in [0.1, 0.15) is 54.4 Å². The van der Waals surface area contributed by atoms with Gasteiger partial charge in [-0.1, -0.05) is 11.6 Å². The van der Waals surface area contributed by atoms with Crippen molar-refractivity contribution in [3.8, 4) is 0 Å². The Hall–Kier alpha value is -1.64. The van der Waals surface area contributed by atoms with Gasteiger partial charge in [-0.25, -0.2) is 0 Å². The Labute approximate surface area is 115 Å². The molecule has 3 nitrogen and oxygen atoms in total. The van der Waals surface area contributed by atoms with Crippen molar-refractivity contribution in [2.24, 2.45) is 0 Å². The van der Waals surface area contributed by atoms with Crippen LogP contribution in [0.4, 0.5) is 0 Å². The van der Waals surface area contributed by atoms with Gasteiger partial charge in [0, 0.05) is 23.0 Å². The monoisotopic (exact) mass is 258 g/mol. The van der Waals surface area contributed by atoms with E-state index in [1.165, 1.54) is 18.4 Å². The lowest BCUT2D eigenvalue weighted by molar-refractivity contribution is 0.0944. The highest BCUT2D eigenvalue weighted by Crippen LogP contribution is 2.20. The molecule has 0 bridgehead atoms. The van der Waals surface area contributed by atoms with Gasteiger partial charge in [0.15, 0.2) is 0 Å². The Morgan fingerprint density at radius 3 is 2.53 bits per heavy atom. The van der Waals surface area contributed by atoms with Crippen LogP contribution in [0.15, 0.2) is 23.8 Å². The van der Waals surface area contributed by atoms with Crippen LogP contribution in [0.25, 0.3) is 0 Å². The summed E-state index contributed by atoms with van der Waals surface area (Å²) in [6, 6.07) is 3.80. The van der Waals surface area contributed by atoms with Gasteiger partial charge in [-0.3, -0.25) is 9.78 Å². The van der Waals surface area contributed by atoms with E-state index in [4.69, 9.17) is 0 Å². The summed E-state index contributed by atoms with van der Waals surface area (Å²) < 4.78 is 0. The number of nitrogens with zero attached hydrogens (tertiary/aromatic N) is 1. The van der Waals surface area contributed by atoms with E-state index in [1.807, 2.05) is 26.0 Å². The number of carbonyl (C=O) groups excluding carboxylic acids is 1.